The summed E-state index contributed by atoms with van der Waals surface area (Å²) < 4.78 is 11.1. The minimum Gasteiger partial charge on any atom is -0.441 e. The minimum absolute atomic E-state index is 0.237. The Morgan fingerprint density at radius 2 is 1.82 bits per heavy atom. The molecule has 8 nitrogen and oxygen atoms in total. The molecule has 1 aromatic rings. The summed E-state index contributed by atoms with van der Waals surface area (Å²) in [7, 11) is 0. The van der Waals surface area contributed by atoms with Crippen LogP contribution in [-0.2, 0) is 14.3 Å². The van der Waals surface area contributed by atoms with E-state index in [1.165, 1.54) is 6.42 Å². The second-order valence-electron chi connectivity index (χ2n) is 6.98. The summed E-state index contributed by atoms with van der Waals surface area (Å²) in [5.74, 6) is 0.628. The van der Waals surface area contributed by atoms with Crippen molar-refractivity contribution in [3.05, 3.63) is 22.8 Å². The Balaban J connectivity index is 1.41. The van der Waals surface area contributed by atoms with Gasteiger partial charge in [-0.05, 0) is 37.1 Å². The number of thioether (sulfide) groups is 1. The number of amides is 3. The molecule has 3 saturated heterocycles. The lowest BCUT2D eigenvalue weighted by atomic mass is 10.1. The van der Waals surface area contributed by atoms with E-state index < -0.39 is 11.1 Å². The Hall–Kier alpha value is -2.26. The van der Waals surface area contributed by atoms with Gasteiger partial charge in [0.1, 0.15) is 12.3 Å². The average Bonchev–Trinajstić information content (AvgIpc) is 3.30. The monoisotopic (exact) mass is 405 g/mol. The van der Waals surface area contributed by atoms with E-state index in [1.807, 2.05) is 6.07 Å². The van der Waals surface area contributed by atoms with Crippen LogP contribution in [0.15, 0.2) is 21.5 Å². The second-order valence-corrected chi connectivity index (χ2v) is 7.98. The zero-order chi connectivity index (χ0) is 19.5. The molecule has 0 radical (unpaired) electrons. The Labute approximate surface area is 167 Å². The number of nitrogens with zero attached hydrogens (tertiary/aromatic N) is 3. The Morgan fingerprint density at radius 3 is 2.57 bits per heavy atom. The number of carbonyl (C=O) groups is 3. The van der Waals surface area contributed by atoms with Crippen LogP contribution in [0.1, 0.15) is 25.0 Å². The highest BCUT2D eigenvalue weighted by atomic mass is 32.2. The third-order valence-electron chi connectivity index (χ3n) is 5.08. The standard InChI is InChI=1S/C19H23N3O5S/c23-16(20-8-10-26-11-9-20)13-22-18(24)15(28-19(22)25)12-14-4-5-17(27-14)21-6-2-1-3-7-21/h4-5,12H,1-3,6-11,13H2/b15-12+. The fourth-order valence-electron chi connectivity index (χ4n) is 3.52. The molecule has 9 heteroatoms. The normalized spacial score (nSPS) is 22.4. The maximum Gasteiger partial charge on any atom is 0.294 e. The van der Waals surface area contributed by atoms with Gasteiger partial charge < -0.3 is 19.0 Å². The van der Waals surface area contributed by atoms with Gasteiger partial charge in [0.15, 0.2) is 5.88 Å². The quantitative estimate of drug-likeness (QED) is 0.710. The fraction of sp³-hybridized carbons (Fsp3) is 0.526. The number of morpholine rings is 1. The molecule has 0 unspecified atom stereocenters. The summed E-state index contributed by atoms with van der Waals surface area (Å²) in [4.78, 5) is 42.3. The van der Waals surface area contributed by atoms with Crippen LogP contribution in [0.4, 0.5) is 10.7 Å². The summed E-state index contributed by atoms with van der Waals surface area (Å²) >= 11 is 0.840. The topological polar surface area (TPSA) is 83.3 Å². The van der Waals surface area contributed by atoms with Gasteiger partial charge in [0, 0.05) is 38.3 Å². The highest BCUT2D eigenvalue weighted by Gasteiger charge is 2.37. The number of anilines is 1. The van der Waals surface area contributed by atoms with Crippen molar-refractivity contribution in [2.24, 2.45) is 0 Å². The first-order chi connectivity index (χ1) is 13.6. The van der Waals surface area contributed by atoms with Crippen LogP contribution in [0, 0.1) is 0 Å². The van der Waals surface area contributed by atoms with Gasteiger partial charge >= 0.3 is 0 Å². The molecule has 3 fully saturated rings. The molecule has 150 valence electrons. The summed E-state index contributed by atoms with van der Waals surface area (Å²) in [6.45, 7) is 3.61. The highest BCUT2D eigenvalue weighted by Crippen LogP contribution is 2.33. The lowest BCUT2D eigenvalue weighted by Crippen LogP contribution is -2.46. The summed E-state index contributed by atoms with van der Waals surface area (Å²) in [6, 6.07) is 3.69. The van der Waals surface area contributed by atoms with Gasteiger partial charge in [0.05, 0.1) is 18.1 Å². The lowest BCUT2D eigenvalue weighted by Gasteiger charge is -2.28. The molecule has 28 heavy (non-hydrogen) atoms. The van der Waals surface area contributed by atoms with Gasteiger partial charge in [-0.25, -0.2) is 0 Å². The van der Waals surface area contributed by atoms with Crippen molar-refractivity contribution in [3.63, 3.8) is 0 Å². The molecule has 1 aromatic heterocycles. The summed E-state index contributed by atoms with van der Waals surface area (Å²) in [5.41, 5.74) is 0. The van der Waals surface area contributed by atoms with Crippen molar-refractivity contribution in [1.82, 2.24) is 9.80 Å². The Kier molecular flexibility index (Phi) is 5.72. The van der Waals surface area contributed by atoms with Crippen LogP contribution in [0.5, 0.6) is 0 Å². The number of carbonyl (C=O) groups excluding carboxylic acids is 3. The van der Waals surface area contributed by atoms with Crippen LogP contribution in [0.2, 0.25) is 0 Å². The van der Waals surface area contributed by atoms with Crippen LogP contribution in [0.3, 0.4) is 0 Å². The SMILES string of the molecule is O=C(CN1C(=O)S/C(=C/c2ccc(N3CCCCC3)o2)C1=O)N1CCOCC1. The number of hydrogen-bond acceptors (Lipinski definition) is 7. The van der Waals surface area contributed by atoms with E-state index in [9.17, 15) is 14.4 Å². The molecule has 3 aliphatic heterocycles. The largest absolute Gasteiger partial charge is 0.441 e. The molecule has 4 heterocycles. The van der Waals surface area contributed by atoms with Gasteiger partial charge in [-0.1, -0.05) is 0 Å². The van der Waals surface area contributed by atoms with Gasteiger partial charge in [-0.2, -0.15) is 0 Å². The zero-order valence-corrected chi connectivity index (χ0v) is 16.4. The van der Waals surface area contributed by atoms with Crippen molar-refractivity contribution >= 4 is 40.8 Å². The number of hydrogen-bond donors (Lipinski definition) is 0. The van der Waals surface area contributed by atoms with E-state index in [2.05, 4.69) is 4.90 Å². The van der Waals surface area contributed by atoms with Crippen molar-refractivity contribution in [2.75, 3.05) is 50.8 Å². The molecule has 3 amide bonds. The number of piperidine rings is 1. The van der Waals surface area contributed by atoms with Crippen LogP contribution in [0.25, 0.3) is 6.08 Å². The van der Waals surface area contributed by atoms with E-state index >= 15 is 0 Å². The first-order valence-electron chi connectivity index (χ1n) is 9.57. The lowest BCUT2D eigenvalue weighted by molar-refractivity contribution is -0.139. The third kappa shape index (κ3) is 4.10. The molecule has 4 rings (SSSR count). The van der Waals surface area contributed by atoms with Crippen molar-refractivity contribution in [2.45, 2.75) is 19.3 Å². The van der Waals surface area contributed by atoms with E-state index in [1.54, 1.807) is 17.0 Å². The van der Waals surface area contributed by atoms with E-state index in [4.69, 9.17) is 9.15 Å². The third-order valence-corrected chi connectivity index (χ3v) is 5.99. The number of imide groups is 1. The predicted octanol–water partition coefficient (Wildman–Crippen LogP) is 2.17. The zero-order valence-electron chi connectivity index (χ0n) is 15.6. The van der Waals surface area contributed by atoms with E-state index in [0.29, 0.717) is 32.1 Å². The van der Waals surface area contributed by atoms with Crippen LogP contribution in [-0.4, -0.2) is 72.8 Å². The maximum absolute atomic E-state index is 12.6. The number of furan rings is 1. The van der Waals surface area contributed by atoms with E-state index in [-0.39, 0.29) is 17.4 Å². The summed E-state index contributed by atoms with van der Waals surface area (Å²) in [5, 5.41) is -0.430. The molecule has 0 bridgehead atoms. The van der Waals surface area contributed by atoms with Crippen LogP contribution >= 0.6 is 11.8 Å². The molecule has 0 aliphatic carbocycles. The molecular weight excluding hydrogens is 382 g/mol. The second kappa shape index (κ2) is 8.40. The van der Waals surface area contributed by atoms with Gasteiger partial charge in [-0.15, -0.1) is 0 Å². The predicted molar refractivity (Wildman–Crippen MR) is 105 cm³/mol. The molecule has 0 aromatic carbocycles. The van der Waals surface area contributed by atoms with Gasteiger partial charge in [0.25, 0.3) is 11.1 Å². The number of rotatable bonds is 4. The molecule has 0 atom stereocenters. The maximum atomic E-state index is 12.6. The number of ether oxygens (including phenoxy) is 1. The average molecular weight is 405 g/mol. The van der Waals surface area contributed by atoms with Crippen molar-refractivity contribution in [1.29, 1.82) is 0 Å². The highest BCUT2D eigenvalue weighted by molar-refractivity contribution is 8.18. The Bertz CT molecular complexity index is 793. The summed E-state index contributed by atoms with van der Waals surface area (Å²) in [6.07, 6.45) is 5.11. The van der Waals surface area contributed by atoms with Gasteiger partial charge in [-0.3, -0.25) is 19.3 Å². The molecular formula is C19H23N3O5S. The molecule has 0 N–H and O–H groups in total. The smallest absolute Gasteiger partial charge is 0.294 e. The van der Waals surface area contributed by atoms with Crippen LogP contribution < -0.4 is 4.90 Å². The van der Waals surface area contributed by atoms with E-state index in [0.717, 1.165) is 48.5 Å². The first kappa shape index (κ1) is 19.1. The minimum atomic E-state index is -0.451. The van der Waals surface area contributed by atoms with Gasteiger partial charge in [0.2, 0.25) is 5.91 Å². The van der Waals surface area contributed by atoms with Crippen molar-refractivity contribution in [3.8, 4) is 0 Å². The fourth-order valence-corrected chi connectivity index (χ4v) is 4.34. The molecule has 3 aliphatic rings. The molecule has 0 saturated carbocycles. The Morgan fingerprint density at radius 1 is 1.07 bits per heavy atom. The first-order valence-corrected chi connectivity index (χ1v) is 10.4. The van der Waals surface area contributed by atoms with Crippen molar-refractivity contribution < 1.29 is 23.5 Å². The molecule has 0 spiro atoms.